The fraction of sp³-hybridized carbons (Fsp3) is 0.667. The maximum atomic E-state index is 13.7. The van der Waals surface area contributed by atoms with Gasteiger partial charge in [0.15, 0.2) is 5.78 Å². The van der Waals surface area contributed by atoms with Crippen molar-refractivity contribution in [3.63, 3.8) is 0 Å². The predicted molar refractivity (Wildman–Crippen MR) is 127 cm³/mol. The second-order valence-corrected chi connectivity index (χ2v) is 10.4. The SMILES string of the molecule is NCC1CCC(C(=O)N2CC[C@@H](C3CCCCC3)[C@H]2C(=O)Cc2ccc(C(=O)O)cc2)CC1. The fourth-order valence-electron chi connectivity index (χ4n) is 6.48. The predicted octanol–water partition coefficient (Wildman–Crippen LogP) is 4.06. The Morgan fingerprint density at radius 1 is 0.909 bits per heavy atom. The van der Waals surface area contributed by atoms with Crippen LogP contribution in [0.15, 0.2) is 24.3 Å². The summed E-state index contributed by atoms with van der Waals surface area (Å²) in [5.74, 6) is 0.616. The molecule has 1 saturated heterocycles. The highest BCUT2D eigenvalue weighted by Crippen LogP contribution is 2.41. The van der Waals surface area contributed by atoms with Gasteiger partial charge in [0, 0.05) is 18.9 Å². The van der Waals surface area contributed by atoms with Crippen molar-refractivity contribution in [3.05, 3.63) is 35.4 Å². The molecule has 2 aliphatic carbocycles. The third-order valence-corrected chi connectivity index (χ3v) is 8.42. The molecule has 2 saturated carbocycles. The van der Waals surface area contributed by atoms with Gasteiger partial charge in [0.2, 0.25) is 5.91 Å². The van der Waals surface area contributed by atoms with E-state index in [4.69, 9.17) is 10.8 Å². The molecule has 2 atom stereocenters. The van der Waals surface area contributed by atoms with E-state index >= 15 is 0 Å². The Morgan fingerprint density at radius 2 is 1.58 bits per heavy atom. The largest absolute Gasteiger partial charge is 0.478 e. The molecule has 0 aromatic heterocycles. The Balaban J connectivity index is 1.51. The van der Waals surface area contributed by atoms with Crippen LogP contribution in [0.3, 0.4) is 0 Å². The molecule has 0 spiro atoms. The number of carbonyl (C=O) groups is 3. The number of Topliss-reactive ketones (excluding diaryl/α,β-unsaturated/α-hetero) is 1. The number of ketones is 1. The normalized spacial score (nSPS) is 28.6. The molecule has 6 nitrogen and oxygen atoms in total. The molecule has 1 amide bonds. The maximum Gasteiger partial charge on any atom is 0.335 e. The molecule has 0 bridgehead atoms. The number of amides is 1. The number of nitrogens with zero attached hydrogens (tertiary/aromatic N) is 1. The van der Waals surface area contributed by atoms with E-state index in [0.717, 1.165) is 50.5 Å². The van der Waals surface area contributed by atoms with Gasteiger partial charge in [-0.3, -0.25) is 9.59 Å². The Hall–Kier alpha value is -2.21. The Labute approximate surface area is 196 Å². The van der Waals surface area contributed by atoms with Crippen molar-refractivity contribution in [1.82, 2.24) is 4.90 Å². The van der Waals surface area contributed by atoms with E-state index in [1.165, 1.54) is 19.3 Å². The fourth-order valence-corrected chi connectivity index (χ4v) is 6.48. The molecule has 1 aliphatic heterocycles. The molecule has 1 heterocycles. The third-order valence-electron chi connectivity index (χ3n) is 8.42. The van der Waals surface area contributed by atoms with Crippen molar-refractivity contribution in [2.75, 3.05) is 13.1 Å². The zero-order chi connectivity index (χ0) is 23.4. The number of hydrogen-bond donors (Lipinski definition) is 2. The quantitative estimate of drug-likeness (QED) is 0.647. The van der Waals surface area contributed by atoms with Crippen molar-refractivity contribution in [3.8, 4) is 0 Å². The van der Waals surface area contributed by atoms with Gasteiger partial charge >= 0.3 is 5.97 Å². The Bertz CT molecular complexity index is 838. The Morgan fingerprint density at radius 3 is 2.18 bits per heavy atom. The van der Waals surface area contributed by atoms with E-state index in [2.05, 4.69) is 0 Å². The van der Waals surface area contributed by atoms with E-state index < -0.39 is 5.97 Å². The van der Waals surface area contributed by atoms with Gasteiger partial charge in [0.25, 0.3) is 0 Å². The van der Waals surface area contributed by atoms with Crippen molar-refractivity contribution < 1.29 is 19.5 Å². The molecule has 3 N–H and O–H groups in total. The van der Waals surface area contributed by atoms with Crippen molar-refractivity contribution in [1.29, 1.82) is 0 Å². The first-order valence-electron chi connectivity index (χ1n) is 12.8. The zero-order valence-corrected chi connectivity index (χ0v) is 19.6. The first kappa shape index (κ1) is 23.9. The average Bonchev–Trinajstić information content (AvgIpc) is 3.30. The first-order chi connectivity index (χ1) is 16.0. The van der Waals surface area contributed by atoms with Crippen LogP contribution in [0.5, 0.6) is 0 Å². The summed E-state index contributed by atoms with van der Waals surface area (Å²) in [7, 11) is 0. The number of carboxylic acids is 1. The lowest BCUT2D eigenvalue weighted by Crippen LogP contribution is -2.48. The lowest BCUT2D eigenvalue weighted by atomic mass is 9.75. The van der Waals surface area contributed by atoms with Gasteiger partial charge in [-0.2, -0.15) is 0 Å². The third kappa shape index (κ3) is 5.48. The monoisotopic (exact) mass is 454 g/mol. The number of benzene rings is 1. The van der Waals surface area contributed by atoms with Crippen LogP contribution in [0, 0.1) is 23.7 Å². The molecule has 180 valence electrons. The second-order valence-electron chi connectivity index (χ2n) is 10.4. The van der Waals surface area contributed by atoms with Gasteiger partial charge in [-0.25, -0.2) is 4.79 Å². The van der Waals surface area contributed by atoms with Gasteiger partial charge in [-0.1, -0.05) is 44.2 Å². The van der Waals surface area contributed by atoms with Gasteiger partial charge in [0.05, 0.1) is 11.6 Å². The summed E-state index contributed by atoms with van der Waals surface area (Å²) < 4.78 is 0. The van der Waals surface area contributed by atoms with Crippen molar-refractivity contribution >= 4 is 17.7 Å². The number of nitrogens with two attached hydrogens (primary N) is 1. The van der Waals surface area contributed by atoms with Gasteiger partial charge < -0.3 is 15.7 Å². The molecule has 3 fully saturated rings. The number of aromatic carboxylic acids is 1. The smallest absolute Gasteiger partial charge is 0.335 e. The summed E-state index contributed by atoms with van der Waals surface area (Å²) >= 11 is 0. The van der Waals surface area contributed by atoms with Gasteiger partial charge in [-0.05, 0) is 74.1 Å². The van der Waals surface area contributed by atoms with E-state index in [0.29, 0.717) is 24.9 Å². The van der Waals surface area contributed by atoms with Crippen LogP contribution in [0.4, 0.5) is 0 Å². The summed E-state index contributed by atoms with van der Waals surface area (Å²) in [6.07, 6.45) is 10.9. The molecule has 33 heavy (non-hydrogen) atoms. The highest BCUT2D eigenvalue weighted by Gasteiger charge is 2.46. The number of carbonyl (C=O) groups excluding carboxylic acids is 2. The summed E-state index contributed by atoms with van der Waals surface area (Å²) in [5, 5.41) is 9.14. The van der Waals surface area contributed by atoms with Crippen LogP contribution >= 0.6 is 0 Å². The van der Waals surface area contributed by atoms with E-state index in [-0.39, 0.29) is 41.6 Å². The standard InChI is InChI=1S/C27H38N2O4/c28-17-19-8-10-21(11-9-19)26(31)29-15-14-23(20-4-2-1-3-5-20)25(29)24(30)16-18-6-12-22(13-7-18)27(32)33/h6-7,12-13,19-21,23,25H,1-5,8-11,14-17,28H2,(H,32,33)/t19?,21?,23-,25-/m0/s1. The summed E-state index contributed by atoms with van der Waals surface area (Å²) in [6, 6.07) is 6.22. The molecular formula is C27H38N2O4. The van der Waals surface area contributed by atoms with Crippen LogP contribution in [0.1, 0.15) is 80.1 Å². The van der Waals surface area contributed by atoms with Crippen molar-refractivity contribution in [2.24, 2.45) is 29.4 Å². The van der Waals surface area contributed by atoms with E-state index in [1.54, 1.807) is 24.3 Å². The maximum absolute atomic E-state index is 13.7. The highest BCUT2D eigenvalue weighted by molar-refractivity contribution is 5.92. The number of rotatable bonds is 7. The summed E-state index contributed by atoms with van der Waals surface area (Å²) in [4.78, 5) is 40.3. The number of carboxylic acid groups (broad SMARTS) is 1. The van der Waals surface area contributed by atoms with E-state index in [1.807, 2.05) is 4.90 Å². The van der Waals surface area contributed by atoms with Gasteiger partial charge in [-0.15, -0.1) is 0 Å². The molecule has 4 rings (SSSR count). The van der Waals surface area contributed by atoms with E-state index in [9.17, 15) is 14.4 Å². The summed E-state index contributed by atoms with van der Waals surface area (Å²) in [5.41, 5.74) is 6.87. The van der Waals surface area contributed by atoms with Crippen LogP contribution in [0.2, 0.25) is 0 Å². The lowest BCUT2D eigenvalue weighted by molar-refractivity contribution is -0.143. The average molecular weight is 455 g/mol. The Kier molecular flexibility index (Phi) is 7.84. The highest BCUT2D eigenvalue weighted by atomic mass is 16.4. The minimum absolute atomic E-state index is 0.0167. The molecule has 0 radical (unpaired) electrons. The molecule has 1 aromatic carbocycles. The zero-order valence-electron chi connectivity index (χ0n) is 19.6. The minimum atomic E-state index is -0.970. The number of hydrogen-bond acceptors (Lipinski definition) is 4. The molecule has 1 aromatic rings. The first-order valence-corrected chi connectivity index (χ1v) is 12.8. The van der Waals surface area contributed by atoms with Crippen LogP contribution in [0.25, 0.3) is 0 Å². The van der Waals surface area contributed by atoms with Crippen LogP contribution in [-0.2, 0) is 16.0 Å². The lowest BCUT2D eigenvalue weighted by Gasteiger charge is -2.36. The van der Waals surface area contributed by atoms with Gasteiger partial charge in [0.1, 0.15) is 0 Å². The molecule has 0 unspecified atom stereocenters. The molecule has 6 heteroatoms. The van der Waals surface area contributed by atoms with Crippen LogP contribution < -0.4 is 5.73 Å². The summed E-state index contributed by atoms with van der Waals surface area (Å²) in [6.45, 7) is 1.38. The number of likely N-dealkylation sites (tertiary alicyclic amines) is 1. The minimum Gasteiger partial charge on any atom is -0.478 e. The topological polar surface area (TPSA) is 101 Å². The second kappa shape index (κ2) is 10.8. The van der Waals surface area contributed by atoms with Crippen molar-refractivity contribution in [2.45, 2.75) is 76.7 Å². The van der Waals surface area contributed by atoms with Crippen LogP contribution in [-0.4, -0.2) is 46.8 Å². The molecular weight excluding hydrogens is 416 g/mol. The molecule has 3 aliphatic rings.